The fourth-order valence-corrected chi connectivity index (χ4v) is 2.98. The van der Waals surface area contributed by atoms with Gasteiger partial charge in [-0.2, -0.15) is 0 Å². The van der Waals surface area contributed by atoms with E-state index in [4.69, 9.17) is 0 Å². The molecule has 20 heavy (non-hydrogen) atoms. The van der Waals surface area contributed by atoms with Crippen LogP contribution in [-0.4, -0.2) is 12.8 Å². The van der Waals surface area contributed by atoms with E-state index in [1.54, 1.807) is 0 Å². The highest BCUT2D eigenvalue weighted by Gasteiger charge is 2.41. The highest BCUT2D eigenvalue weighted by Crippen LogP contribution is 2.42. The Hall–Kier alpha value is -1.83. The van der Waals surface area contributed by atoms with Crippen molar-refractivity contribution < 1.29 is 4.79 Å². The molecule has 1 aromatic rings. The minimum atomic E-state index is -0.321. The predicted molar refractivity (Wildman–Crippen MR) is 84.7 cm³/mol. The summed E-state index contributed by atoms with van der Waals surface area (Å²) in [6, 6.07) is 10.1. The van der Waals surface area contributed by atoms with E-state index in [0.29, 0.717) is 0 Å². The van der Waals surface area contributed by atoms with Crippen LogP contribution in [0.4, 0.5) is 5.69 Å². The quantitative estimate of drug-likeness (QED) is 0.585. The fraction of sp³-hybridized carbons (Fsp3) is 0.389. The Bertz CT molecular complexity index is 517. The first kappa shape index (κ1) is 14.6. The van der Waals surface area contributed by atoms with E-state index in [1.165, 1.54) is 0 Å². The molecule has 1 atom stereocenters. The van der Waals surface area contributed by atoms with Crippen molar-refractivity contribution in [3.8, 4) is 0 Å². The van der Waals surface area contributed by atoms with Crippen molar-refractivity contribution in [1.82, 2.24) is 0 Å². The molecule has 1 saturated carbocycles. The van der Waals surface area contributed by atoms with Crippen LogP contribution in [-0.2, 0) is 4.79 Å². The number of para-hydroxylation sites is 1. The summed E-state index contributed by atoms with van der Waals surface area (Å²) in [5.74, 6) is 0.261. The first-order valence-corrected chi connectivity index (χ1v) is 7.30. The zero-order chi connectivity index (χ0) is 14.6. The van der Waals surface area contributed by atoms with Crippen LogP contribution in [0.3, 0.4) is 0 Å². The Morgan fingerprint density at radius 3 is 2.65 bits per heavy atom. The Balaban J connectivity index is 2.20. The molecule has 1 aromatic carbocycles. The molecule has 0 amide bonds. The molecule has 106 valence electrons. The van der Waals surface area contributed by atoms with Crippen LogP contribution in [0.2, 0.25) is 0 Å². The average Bonchev–Trinajstić information content (AvgIpc) is 2.78. The average molecular weight is 269 g/mol. The van der Waals surface area contributed by atoms with Gasteiger partial charge in [-0.15, -0.1) is 6.58 Å². The molecule has 0 radical (unpaired) electrons. The number of hydrogen-bond donors (Lipinski definition) is 0. The molecule has 0 aromatic heterocycles. The summed E-state index contributed by atoms with van der Waals surface area (Å²) in [6.07, 6.45) is 7.52. The Morgan fingerprint density at radius 2 is 2.05 bits per heavy atom. The van der Waals surface area contributed by atoms with E-state index < -0.39 is 0 Å². The van der Waals surface area contributed by atoms with Crippen molar-refractivity contribution in [3.05, 3.63) is 54.8 Å². The van der Waals surface area contributed by atoms with E-state index in [0.717, 1.165) is 36.9 Å². The third-order valence-corrected chi connectivity index (χ3v) is 4.18. The Labute approximate surface area is 121 Å². The largest absolute Gasteiger partial charge is 0.351 e. The van der Waals surface area contributed by atoms with Crippen molar-refractivity contribution >= 4 is 11.5 Å². The molecule has 2 heteroatoms. The summed E-state index contributed by atoms with van der Waals surface area (Å²) in [5.41, 5.74) is 1.70. The number of carbonyl (C=O) groups excluding carboxylic acids is 1. The van der Waals surface area contributed by atoms with Gasteiger partial charge in [0.05, 0.1) is 5.41 Å². The number of ketones is 1. The Kier molecular flexibility index (Phi) is 4.43. The lowest BCUT2D eigenvalue weighted by molar-refractivity contribution is -0.121. The molecule has 2 nitrogen and oxygen atoms in total. The number of benzene rings is 1. The summed E-state index contributed by atoms with van der Waals surface area (Å²) in [5, 5.41) is 0. The van der Waals surface area contributed by atoms with Crippen molar-refractivity contribution in [2.75, 3.05) is 11.9 Å². The van der Waals surface area contributed by atoms with Crippen molar-refractivity contribution in [3.63, 3.8) is 0 Å². The van der Waals surface area contributed by atoms with Gasteiger partial charge in [-0.1, -0.05) is 37.6 Å². The summed E-state index contributed by atoms with van der Waals surface area (Å²) in [7, 11) is 1.99. The molecule has 1 aliphatic rings. The lowest BCUT2D eigenvalue weighted by atomic mass is 9.81. The number of rotatable bonds is 5. The Morgan fingerprint density at radius 1 is 1.35 bits per heavy atom. The molecule has 1 fully saturated rings. The van der Waals surface area contributed by atoms with E-state index >= 15 is 0 Å². The zero-order valence-electron chi connectivity index (χ0n) is 12.4. The number of Topliss-reactive ketones (excluding diaryl/α,β-unsaturated/α-hetero) is 1. The van der Waals surface area contributed by atoms with Gasteiger partial charge in [0.15, 0.2) is 5.78 Å². The van der Waals surface area contributed by atoms with Crippen LogP contribution in [0.15, 0.2) is 54.8 Å². The monoisotopic (exact) mass is 269 g/mol. The molecule has 0 aliphatic heterocycles. The smallest absolute Gasteiger partial charge is 0.170 e. The van der Waals surface area contributed by atoms with Crippen LogP contribution in [0.5, 0.6) is 0 Å². The molecule has 0 spiro atoms. The first-order valence-electron chi connectivity index (χ1n) is 7.30. The lowest BCUT2D eigenvalue weighted by Crippen LogP contribution is -2.24. The minimum Gasteiger partial charge on any atom is -0.351 e. The van der Waals surface area contributed by atoms with E-state index in [-0.39, 0.29) is 11.2 Å². The molecule has 1 unspecified atom stereocenters. The highest BCUT2D eigenvalue weighted by molar-refractivity contribution is 6.03. The van der Waals surface area contributed by atoms with Crippen molar-refractivity contribution in [2.24, 2.45) is 5.41 Å². The first-order chi connectivity index (χ1) is 9.63. The van der Waals surface area contributed by atoms with Gasteiger partial charge in [-0.25, -0.2) is 0 Å². The summed E-state index contributed by atoms with van der Waals surface area (Å²) in [4.78, 5) is 14.7. The molecule has 0 bridgehead atoms. The number of nitrogens with zero attached hydrogens (tertiary/aromatic N) is 1. The second-order valence-electron chi connectivity index (χ2n) is 5.54. The summed E-state index contributed by atoms with van der Waals surface area (Å²) in [6.45, 7) is 6.02. The SMILES string of the molecule is C=CC1(CCC)CCC(=CN(C)c2ccccc2)C1=O. The van der Waals surface area contributed by atoms with Crippen LogP contribution >= 0.6 is 0 Å². The van der Waals surface area contributed by atoms with Crippen LogP contribution in [0.1, 0.15) is 32.6 Å². The van der Waals surface area contributed by atoms with Gasteiger partial charge in [-0.3, -0.25) is 4.79 Å². The molecular formula is C18H23NO. The third-order valence-electron chi connectivity index (χ3n) is 4.18. The lowest BCUT2D eigenvalue weighted by Gasteiger charge is -2.22. The molecule has 0 heterocycles. The maximum absolute atomic E-state index is 12.6. The second kappa shape index (κ2) is 6.08. The van der Waals surface area contributed by atoms with Gasteiger partial charge in [0.25, 0.3) is 0 Å². The maximum atomic E-state index is 12.6. The van der Waals surface area contributed by atoms with Gasteiger partial charge < -0.3 is 4.90 Å². The van der Waals surface area contributed by atoms with Gasteiger partial charge in [-0.05, 0) is 31.4 Å². The van der Waals surface area contributed by atoms with E-state index in [9.17, 15) is 4.79 Å². The van der Waals surface area contributed by atoms with E-state index in [2.05, 4.69) is 13.5 Å². The van der Waals surface area contributed by atoms with E-state index in [1.807, 2.05) is 54.6 Å². The normalized spacial score (nSPS) is 24.1. The van der Waals surface area contributed by atoms with Crippen molar-refractivity contribution in [1.29, 1.82) is 0 Å². The third kappa shape index (κ3) is 2.69. The zero-order valence-corrected chi connectivity index (χ0v) is 12.4. The topological polar surface area (TPSA) is 20.3 Å². The molecule has 1 aliphatic carbocycles. The standard InChI is InChI=1S/C18H23NO/c1-4-12-18(5-2)13-11-15(17(18)20)14-19(3)16-9-7-6-8-10-16/h5-10,14H,2,4,11-13H2,1,3H3. The van der Waals surface area contributed by atoms with Crippen LogP contribution in [0.25, 0.3) is 0 Å². The number of anilines is 1. The maximum Gasteiger partial charge on any atom is 0.170 e. The molecular weight excluding hydrogens is 246 g/mol. The van der Waals surface area contributed by atoms with Gasteiger partial charge in [0.2, 0.25) is 0 Å². The number of carbonyl (C=O) groups is 1. The number of allylic oxidation sites excluding steroid dienone is 2. The molecule has 2 rings (SSSR count). The van der Waals surface area contributed by atoms with Crippen LogP contribution < -0.4 is 4.90 Å². The van der Waals surface area contributed by atoms with Gasteiger partial charge in [0, 0.05) is 24.5 Å². The van der Waals surface area contributed by atoms with Crippen molar-refractivity contribution in [2.45, 2.75) is 32.6 Å². The summed E-state index contributed by atoms with van der Waals surface area (Å²) >= 11 is 0. The highest BCUT2D eigenvalue weighted by atomic mass is 16.1. The second-order valence-corrected chi connectivity index (χ2v) is 5.54. The van der Waals surface area contributed by atoms with Gasteiger partial charge in [0.1, 0.15) is 0 Å². The van der Waals surface area contributed by atoms with Gasteiger partial charge >= 0.3 is 0 Å². The predicted octanol–water partition coefficient (Wildman–Crippen LogP) is 4.34. The molecule has 0 saturated heterocycles. The molecule has 0 N–H and O–H groups in total. The summed E-state index contributed by atoms with van der Waals surface area (Å²) < 4.78 is 0. The number of hydrogen-bond acceptors (Lipinski definition) is 2. The minimum absolute atomic E-state index is 0.261. The van der Waals surface area contributed by atoms with Crippen LogP contribution in [0, 0.1) is 5.41 Å². The fourth-order valence-electron chi connectivity index (χ4n) is 2.98.